The van der Waals surface area contributed by atoms with Gasteiger partial charge in [-0.05, 0) is 47.5 Å². The molecule has 5 N–H and O–H groups in total. The van der Waals surface area contributed by atoms with Crippen molar-refractivity contribution in [1.29, 1.82) is 5.26 Å². The van der Waals surface area contributed by atoms with Gasteiger partial charge in [-0.3, -0.25) is 10.00 Å². The lowest BCUT2D eigenvalue weighted by Crippen LogP contribution is -2.31. The van der Waals surface area contributed by atoms with Gasteiger partial charge < -0.3 is 11.5 Å². The molecular weight excluding hydrogens is 371 g/mol. The molecule has 0 unspecified atom stereocenters. The van der Waals surface area contributed by atoms with Crippen LogP contribution >= 0.6 is 0 Å². The molecule has 0 bridgehead atoms. The fourth-order valence-electron chi connectivity index (χ4n) is 3.27. The summed E-state index contributed by atoms with van der Waals surface area (Å²) >= 11 is 0. The molecule has 0 fully saturated rings. The second-order valence-electron chi connectivity index (χ2n) is 6.34. The van der Waals surface area contributed by atoms with Crippen LogP contribution in [0.2, 0.25) is 0 Å². The van der Waals surface area contributed by atoms with Crippen LogP contribution in [0.15, 0.2) is 60.7 Å². The van der Waals surface area contributed by atoms with Gasteiger partial charge in [0.25, 0.3) is 0 Å². The Hall–Kier alpha value is -4.38. The van der Waals surface area contributed by atoms with Gasteiger partial charge in [0.15, 0.2) is 5.82 Å². The van der Waals surface area contributed by atoms with Crippen LogP contribution in [-0.4, -0.2) is 16.2 Å². The average Bonchev–Trinajstić information content (AvgIpc) is 3.12. The first kappa shape index (κ1) is 18.0. The molecule has 0 aliphatic rings. The summed E-state index contributed by atoms with van der Waals surface area (Å²) in [6.45, 7) is 0. The number of halogens is 1. The summed E-state index contributed by atoms with van der Waals surface area (Å²) in [4.78, 5) is 13.4. The zero-order valence-corrected chi connectivity index (χ0v) is 15.1. The van der Waals surface area contributed by atoms with Crippen LogP contribution in [0.5, 0.6) is 0 Å². The smallest absolute Gasteiger partial charge is 0.323 e. The molecular formula is C21H15FN6O. The van der Waals surface area contributed by atoms with E-state index in [1.807, 2.05) is 6.07 Å². The number of primary amides is 1. The number of rotatable bonds is 3. The number of nitrogens with zero attached hydrogens (tertiary/aromatic N) is 3. The number of anilines is 3. The molecule has 3 aromatic carbocycles. The van der Waals surface area contributed by atoms with E-state index in [-0.39, 0.29) is 11.3 Å². The summed E-state index contributed by atoms with van der Waals surface area (Å²) in [7, 11) is 0. The quantitative estimate of drug-likeness (QED) is 0.491. The first-order chi connectivity index (χ1) is 14.0. The van der Waals surface area contributed by atoms with E-state index in [1.54, 1.807) is 54.6 Å². The molecule has 0 aliphatic heterocycles. The van der Waals surface area contributed by atoms with Crippen LogP contribution in [-0.2, 0) is 0 Å². The van der Waals surface area contributed by atoms with Crippen LogP contribution in [0, 0.1) is 17.1 Å². The number of nitriles is 1. The average molecular weight is 386 g/mol. The van der Waals surface area contributed by atoms with Crippen molar-refractivity contribution in [3.05, 3.63) is 72.0 Å². The summed E-state index contributed by atoms with van der Waals surface area (Å²) in [6.07, 6.45) is 0. The molecule has 29 heavy (non-hydrogen) atoms. The molecule has 1 aromatic heterocycles. The van der Waals surface area contributed by atoms with Crippen LogP contribution in [0.25, 0.3) is 22.0 Å². The highest BCUT2D eigenvalue weighted by Crippen LogP contribution is 2.34. The number of hydrogen-bond donors (Lipinski definition) is 3. The van der Waals surface area contributed by atoms with Crippen LogP contribution in [0.4, 0.5) is 26.4 Å². The van der Waals surface area contributed by atoms with E-state index >= 15 is 0 Å². The maximum Gasteiger partial charge on any atom is 0.323 e. The van der Waals surface area contributed by atoms with Crippen LogP contribution in [0.1, 0.15) is 5.56 Å². The van der Waals surface area contributed by atoms with Crippen molar-refractivity contribution in [3.8, 4) is 17.2 Å². The van der Waals surface area contributed by atoms with Gasteiger partial charge in [-0.15, -0.1) is 0 Å². The van der Waals surface area contributed by atoms with E-state index in [4.69, 9.17) is 16.7 Å². The normalized spacial score (nSPS) is 10.6. The maximum atomic E-state index is 14.0. The van der Waals surface area contributed by atoms with E-state index in [2.05, 4.69) is 10.2 Å². The number of aromatic amines is 1. The van der Waals surface area contributed by atoms with Crippen LogP contribution < -0.4 is 16.4 Å². The molecule has 0 radical (unpaired) electrons. The first-order valence-corrected chi connectivity index (χ1v) is 8.62. The van der Waals surface area contributed by atoms with Crippen molar-refractivity contribution in [2.75, 3.05) is 10.6 Å². The lowest BCUT2D eigenvalue weighted by Gasteiger charge is -2.21. The van der Waals surface area contributed by atoms with Gasteiger partial charge in [0.05, 0.1) is 28.4 Å². The topological polar surface area (TPSA) is 125 Å². The highest BCUT2D eigenvalue weighted by Gasteiger charge is 2.17. The highest BCUT2D eigenvalue weighted by molar-refractivity contribution is 6.02. The number of nitrogens with two attached hydrogens (primary N) is 2. The van der Waals surface area contributed by atoms with E-state index in [0.29, 0.717) is 27.9 Å². The largest absolute Gasteiger partial charge is 0.382 e. The zero-order valence-electron chi connectivity index (χ0n) is 15.1. The van der Waals surface area contributed by atoms with Crippen molar-refractivity contribution < 1.29 is 9.18 Å². The SMILES string of the molecule is N#Cc1cccc(N(C(N)=O)c2ccc(-c3ccc(F)c4[nH]nc(N)c34)cc2)c1. The Kier molecular flexibility index (Phi) is 4.33. The molecule has 0 spiro atoms. The maximum absolute atomic E-state index is 14.0. The highest BCUT2D eigenvalue weighted by atomic mass is 19.1. The first-order valence-electron chi connectivity index (χ1n) is 8.62. The van der Waals surface area contributed by atoms with Crippen molar-refractivity contribution >= 4 is 34.1 Å². The fourth-order valence-corrected chi connectivity index (χ4v) is 3.27. The number of benzene rings is 3. The molecule has 4 rings (SSSR count). The molecule has 0 atom stereocenters. The van der Waals surface area contributed by atoms with Crippen molar-refractivity contribution in [1.82, 2.24) is 10.2 Å². The lowest BCUT2D eigenvalue weighted by atomic mass is 10.0. The number of fused-ring (bicyclic) bond motifs is 1. The predicted octanol–water partition coefficient (Wildman–Crippen LogP) is 4.04. The molecule has 7 nitrogen and oxygen atoms in total. The lowest BCUT2D eigenvalue weighted by molar-refractivity contribution is 0.256. The van der Waals surface area contributed by atoms with Crippen molar-refractivity contribution in [3.63, 3.8) is 0 Å². The Morgan fingerprint density at radius 2 is 1.86 bits per heavy atom. The Bertz CT molecular complexity index is 1270. The Labute approximate surface area is 165 Å². The van der Waals surface area contributed by atoms with E-state index in [9.17, 15) is 9.18 Å². The number of amides is 2. The Morgan fingerprint density at radius 3 is 2.55 bits per heavy atom. The second-order valence-corrected chi connectivity index (χ2v) is 6.34. The second kappa shape index (κ2) is 6.98. The van der Waals surface area contributed by atoms with Gasteiger partial charge in [0.2, 0.25) is 0 Å². The molecule has 1 heterocycles. The molecule has 0 saturated carbocycles. The van der Waals surface area contributed by atoms with Gasteiger partial charge in [-0.2, -0.15) is 10.4 Å². The van der Waals surface area contributed by atoms with Gasteiger partial charge in [-0.1, -0.05) is 24.3 Å². The monoisotopic (exact) mass is 386 g/mol. The molecule has 142 valence electrons. The minimum atomic E-state index is -0.684. The molecule has 4 aromatic rings. The predicted molar refractivity (Wildman–Crippen MR) is 109 cm³/mol. The number of nitrogen functional groups attached to an aromatic ring is 1. The van der Waals surface area contributed by atoms with E-state index < -0.39 is 11.8 Å². The summed E-state index contributed by atoms with van der Waals surface area (Å²) < 4.78 is 14.0. The molecule has 0 saturated heterocycles. The summed E-state index contributed by atoms with van der Waals surface area (Å²) in [6, 6.07) is 17.9. The minimum Gasteiger partial charge on any atom is -0.382 e. The number of H-pyrrole nitrogens is 1. The summed E-state index contributed by atoms with van der Waals surface area (Å²) in [5.41, 5.74) is 14.6. The minimum absolute atomic E-state index is 0.200. The Balaban J connectivity index is 1.78. The zero-order chi connectivity index (χ0) is 20.5. The third-order valence-corrected chi connectivity index (χ3v) is 4.59. The van der Waals surface area contributed by atoms with Gasteiger partial charge >= 0.3 is 6.03 Å². The number of nitrogens with one attached hydrogen (secondary N) is 1. The summed E-state index contributed by atoms with van der Waals surface area (Å²) in [5.74, 6) is -0.243. The number of urea groups is 1. The third kappa shape index (κ3) is 3.11. The van der Waals surface area contributed by atoms with Gasteiger partial charge in [-0.25, -0.2) is 9.18 Å². The van der Waals surface area contributed by atoms with Crippen molar-refractivity contribution in [2.45, 2.75) is 0 Å². The van der Waals surface area contributed by atoms with Gasteiger partial charge in [0, 0.05) is 0 Å². The number of hydrogen-bond acceptors (Lipinski definition) is 4. The molecule has 2 amide bonds. The third-order valence-electron chi connectivity index (χ3n) is 4.59. The van der Waals surface area contributed by atoms with Crippen LogP contribution in [0.3, 0.4) is 0 Å². The van der Waals surface area contributed by atoms with E-state index in [0.717, 1.165) is 5.56 Å². The standard InChI is InChI=1S/C21H15FN6O/c22-17-9-8-16(18-19(17)26-27-20(18)24)13-4-6-14(7-5-13)28(21(25)29)15-3-1-2-12(10-15)11-23/h1-10H,(H2,25,29)(H3,24,26,27). The summed E-state index contributed by atoms with van der Waals surface area (Å²) in [5, 5.41) is 16.1. The van der Waals surface area contributed by atoms with Crippen molar-refractivity contribution in [2.24, 2.45) is 5.73 Å². The molecule has 8 heteroatoms. The Morgan fingerprint density at radius 1 is 1.10 bits per heavy atom. The van der Waals surface area contributed by atoms with Gasteiger partial charge in [0.1, 0.15) is 11.3 Å². The number of carbonyl (C=O) groups is 1. The number of aromatic nitrogens is 2. The number of carbonyl (C=O) groups excluding carboxylic acids is 1. The van der Waals surface area contributed by atoms with E-state index in [1.165, 1.54) is 11.0 Å². The fraction of sp³-hybridized carbons (Fsp3) is 0. The molecule has 0 aliphatic carbocycles.